The van der Waals surface area contributed by atoms with Gasteiger partial charge in [0.25, 0.3) is 5.56 Å². The van der Waals surface area contributed by atoms with E-state index in [0.717, 1.165) is 12.8 Å². The van der Waals surface area contributed by atoms with Gasteiger partial charge >= 0.3 is 5.69 Å². The van der Waals surface area contributed by atoms with Gasteiger partial charge in [0, 0.05) is 12.3 Å². The number of nitrogens with zero attached hydrogens (tertiary/aromatic N) is 1. The van der Waals surface area contributed by atoms with Crippen LogP contribution in [0.4, 0.5) is 0 Å². The molecule has 0 aromatic carbocycles. The Hall–Kier alpha value is -1.40. The number of aromatic amines is 1. The molecule has 1 unspecified atom stereocenters. The molecule has 0 amide bonds. The Balaban J connectivity index is 3.05. The Kier molecular flexibility index (Phi) is 5.30. The van der Waals surface area contributed by atoms with E-state index in [9.17, 15) is 14.7 Å². The second kappa shape index (κ2) is 6.51. The molecule has 2 N–H and O–H groups in total. The van der Waals surface area contributed by atoms with E-state index in [1.807, 2.05) is 13.8 Å². The molecular weight excluding hydrogens is 236 g/mol. The first-order valence-electron chi connectivity index (χ1n) is 6.14. The number of aliphatic hydroxyl groups is 1. The maximum atomic E-state index is 11.7. The molecule has 0 aliphatic carbocycles. The Bertz CT molecular complexity index is 473. The van der Waals surface area contributed by atoms with Gasteiger partial charge in [-0.05, 0) is 19.8 Å². The average molecular weight is 256 g/mol. The van der Waals surface area contributed by atoms with E-state index >= 15 is 0 Å². The van der Waals surface area contributed by atoms with Crippen molar-refractivity contribution in [1.82, 2.24) is 9.55 Å². The summed E-state index contributed by atoms with van der Waals surface area (Å²) < 4.78 is 6.91. The molecule has 1 aromatic rings. The van der Waals surface area contributed by atoms with Gasteiger partial charge in [0.2, 0.25) is 0 Å². The maximum absolute atomic E-state index is 11.7. The van der Waals surface area contributed by atoms with Gasteiger partial charge in [0.15, 0.2) is 6.23 Å². The largest absolute Gasteiger partial charge is 0.389 e. The normalized spacial score (nSPS) is 14.7. The van der Waals surface area contributed by atoms with Crippen LogP contribution in [0.25, 0.3) is 0 Å². The molecule has 0 aliphatic rings. The van der Waals surface area contributed by atoms with Crippen LogP contribution in [0.2, 0.25) is 0 Å². The van der Waals surface area contributed by atoms with Crippen LogP contribution in [-0.4, -0.2) is 26.9 Å². The third kappa shape index (κ3) is 3.54. The Morgan fingerprint density at radius 1 is 1.39 bits per heavy atom. The van der Waals surface area contributed by atoms with Crippen LogP contribution in [0.3, 0.4) is 0 Å². The van der Waals surface area contributed by atoms with Gasteiger partial charge in [-0.1, -0.05) is 13.8 Å². The van der Waals surface area contributed by atoms with Crippen LogP contribution in [0.1, 0.15) is 39.8 Å². The lowest BCUT2D eigenvalue weighted by Crippen LogP contribution is -2.38. The Labute approximate surface area is 105 Å². The lowest BCUT2D eigenvalue weighted by Gasteiger charge is -2.26. The van der Waals surface area contributed by atoms with Crippen molar-refractivity contribution < 1.29 is 9.84 Å². The third-order valence-electron chi connectivity index (χ3n) is 2.78. The van der Waals surface area contributed by atoms with Crippen molar-refractivity contribution in [1.29, 1.82) is 0 Å². The van der Waals surface area contributed by atoms with Crippen molar-refractivity contribution in [3.63, 3.8) is 0 Å². The van der Waals surface area contributed by atoms with Crippen LogP contribution in [0.5, 0.6) is 0 Å². The zero-order chi connectivity index (χ0) is 13.7. The van der Waals surface area contributed by atoms with Gasteiger partial charge in [-0.3, -0.25) is 14.3 Å². The van der Waals surface area contributed by atoms with Gasteiger partial charge in [0.05, 0.1) is 12.2 Å². The molecule has 0 aliphatic heterocycles. The first-order chi connectivity index (χ1) is 8.49. The maximum Gasteiger partial charge on any atom is 0.330 e. The topological polar surface area (TPSA) is 84.3 Å². The summed E-state index contributed by atoms with van der Waals surface area (Å²) in [6.07, 6.45) is 1.23. The summed E-state index contributed by atoms with van der Waals surface area (Å²) in [6, 6.07) is 1.23. The molecule has 6 nitrogen and oxygen atoms in total. The van der Waals surface area contributed by atoms with E-state index in [1.165, 1.54) is 16.8 Å². The SMILES string of the molecule is CCC(CC)OC([C@@H](C)O)n1ccc(=O)[nH]c1=O. The molecule has 0 bridgehead atoms. The fraction of sp³-hybridized carbons (Fsp3) is 0.667. The molecule has 1 aromatic heterocycles. The molecule has 0 saturated carbocycles. The number of rotatable bonds is 6. The number of H-pyrrole nitrogens is 1. The van der Waals surface area contributed by atoms with Crippen molar-refractivity contribution in [2.45, 2.75) is 52.0 Å². The first kappa shape index (κ1) is 14.7. The quantitative estimate of drug-likeness (QED) is 0.781. The van der Waals surface area contributed by atoms with Gasteiger partial charge in [-0.2, -0.15) is 0 Å². The van der Waals surface area contributed by atoms with Gasteiger partial charge < -0.3 is 9.84 Å². The minimum Gasteiger partial charge on any atom is -0.389 e. The molecule has 0 spiro atoms. The van der Waals surface area contributed by atoms with Gasteiger partial charge in [0.1, 0.15) is 0 Å². The molecule has 2 atom stereocenters. The average Bonchev–Trinajstić information content (AvgIpc) is 2.32. The highest BCUT2D eigenvalue weighted by Gasteiger charge is 2.22. The van der Waals surface area contributed by atoms with E-state index in [4.69, 9.17) is 4.74 Å². The summed E-state index contributed by atoms with van der Waals surface area (Å²) in [5.41, 5.74) is -1.05. The summed E-state index contributed by atoms with van der Waals surface area (Å²) in [4.78, 5) is 24.8. The standard InChI is InChI=1S/C12H20N2O4/c1-4-9(5-2)18-11(8(3)15)14-7-6-10(16)13-12(14)17/h6-9,11,15H,4-5H2,1-3H3,(H,13,16,17)/t8-,11?/m1/s1. The minimum absolute atomic E-state index is 0.0385. The predicted molar refractivity (Wildman–Crippen MR) is 67.5 cm³/mol. The first-order valence-corrected chi connectivity index (χ1v) is 6.14. The number of hydrogen-bond donors (Lipinski definition) is 2. The molecule has 0 saturated heterocycles. The summed E-state index contributed by atoms with van der Waals surface area (Å²) in [5.74, 6) is 0. The second-order valence-corrected chi connectivity index (χ2v) is 4.22. The molecule has 6 heteroatoms. The van der Waals surface area contributed by atoms with Gasteiger partial charge in [-0.25, -0.2) is 4.79 Å². The second-order valence-electron chi connectivity index (χ2n) is 4.22. The number of ether oxygens (including phenoxy) is 1. The van der Waals surface area contributed by atoms with Crippen LogP contribution in [0, 0.1) is 0 Å². The fourth-order valence-corrected chi connectivity index (χ4v) is 1.72. The number of aromatic nitrogens is 2. The monoisotopic (exact) mass is 256 g/mol. The highest BCUT2D eigenvalue weighted by molar-refractivity contribution is 4.85. The summed E-state index contributed by atoms with van der Waals surface area (Å²) in [7, 11) is 0. The molecule has 0 fully saturated rings. The fourth-order valence-electron chi connectivity index (χ4n) is 1.72. The Morgan fingerprint density at radius 2 is 2.00 bits per heavy atom. The Morgan fingerprint density at radius 3 is 2.44 bits per heavy atom. The summed E-state index contributed by atoms with van der Waals surface area (Å²) >= 11 is 0. The van der Waals surface area contributed by atoms with E-state index in [2.05, 4.69) is 4.98 Å². The summed E-state index contributed by atoms with van der Waals surface area (Å²) in [5, 5.41) is 9.72. The van der Waals surface area contributed by atoms with E-state index < -0.39 is 23.6 Å². The molecule has 1 rings (SSSR count). The van der Waals surface area contributed by atoms with Crippen molar-refractivity contribution in [2.24, 2.45) is 0 Å². The van der Waals surface area contributed by atoms with E-state index in [0.29, 0.717) is 0 Å². The molecule has 1 heterocycles. The lowest BCUT2D eigenvalue weighted by atomic mass is 10.2. The molecule has 0 radical (unpaired) electrons. The van der Waals surface area contributed by atoms with Crippen LogP contribution < -0.4 is 11.2 Å². The van der Waals surface area contributed by atoms with E-state index in [1.54, 1.807) is 6.92 Å². The molecular formula is C12H20N2O4. The minimum atomic E-state index is -0.853. The predicted octanol–water partition coefficient (Wildman–Crippen LogP) is 0.621. The van der Waals surface area contributed by atoms with Gasteiger partial charge in [-0.15, -0.1) is 0 Å². The van der Waals surface area contributed by atoms with Crippen molar-refractivity contribution in [3.05, 3.63) is 33.1 Å². The number of hydrogen-bond acceptors (Lipinski definition) is 4. The molecule has 102 valence electrons. The third-order valence-corrected chi connectivity index (χ3v) is 2.78. The van der Waals surface area contributed by atoms with Crippen LogP contribution in [0.15, 0.2) is 21.9 Å². The molecule has 18 heavy (non-hydrogen) atoms. The number of nitrogens with one attached hydrogen (secondary N) is 1. The van der Waals surface area contributed by atoms with Crippen molar-refractivity contribution in [3.8, 4) is 0 Å². The van der Waals surface area contributed by atoms with E-state index in [-0.39, 0.29) is 6.10 Å². The zero-order valence-electron chi connectivity index (χ0n) is 10.9. The van der Waals surface area contributed by atoms with Crippen LogP contribution >= 0.6 is 0 Å². The zero-order valence-corrected chi connectivity index (χ0v) is 10.9. The highest BCUT2D eigenvalue weighted by atomic mass is 16.5. The highest BCUT2D eigenvalue weighted by Crippen LogP contribution is 2.17. The van der Waals surface area contributed by atoms with Crippen LogP contribution in [-0.2, 0) is 4.74 Å². The van der Waals surface area contributed by atoms with Crippen molar-refractivity contribution >= 4 is 0 Å². The number of aliphatic hydroxyl groups excluding tert-OH is 1. The smallest absolute Gasteiger partial charge is 0.330 e. The lowest BCUT2D eigenvalue weighted by molar-refractivity contribution is -0.115. The van der Waals surface area contributed by atoms with Crippen molar-refractivity contribution in [2.75, 3.05) is 0 Å². The summed E-state index contributed by atoms with van der Waals surface area (Å²) in [6.45, 7) is 5.50.